The van der Waals surface area contributed by atoms with Crippen LogP contribution in [-0.4, -0.2) is 85.7 Å². The lowest BCUT2D eigenvalue weighted by molar-refractivity contribution is -0.127. The number of H-pyrrole nitrogens is 1. The number of halogens is 2. The van der Waals surface area contributed by atoms with Gasteiger partial charge in [-0.1, -0.05) is 23.2 Å². The number of likely N-dealkylation sites (tertiary alicyclic amines) is 1. The van der Waals surface area contributed by atoms with Crippen molar-refractivity contribution in [3.8, 4) is 22.7 Å². The highest BCUT2D eigenvalue weighted by Gasteiger charge is 2.42. The molecule has 17 heteroatoms. The summed E-state index contributed by atoms with van der Waals surface area (Å²) in [6, 6.07) is 11.4. The molecule has 2 saturated heterocycles. The van der Waals surface area contributed by atoms with Gasteiger partial charge in [0.05, 0.1) is 23.7 Å². The molecule has 0 spiro atoms. The number of aromatic amines is 1. The van der Waals surface area contributed by atoms with Crippen LogP contribution >= 0.6 is 23.2 Å². The smallest absolute Gasteiger partial charge is 0.409 e. The van der Waals surface area contributed by atoms with E-state index in [-0.39, 0.29) is 28.6 Å². The van der Waals surface area contributed by atoms with Crippen LogP contribution < -0.4 is 10.5 Å². The second-order valence-electron chi connectivity index (χ2n) is 11.5. The van der Waals surface area contributed by atoms with Crippen molar-refractivity contribution in [1.29, 1.82) is 0 Å². The second kappa shape index (κ2) is 13.4. The highest BCUT2D eigenvalue weighted by Crippen LogP contribution is 2.42. The average molecular weight is 701 g/mol. The van der Waals surface area contributed by atoms with Gasteiger partial charge in [0.1, 0.15) is 17.9 Å². The minimum absolute atomic E-state index is 0.111. The standard InChI is InChI=1S/C30H31Cl2N9O5S/c1-47(44,45)39-12-10-18(11-13-39)21-15-25(29-35-27(28(32)36-29)19-2-6-23(7-3-19)46-30(33)43)40(16-21)26(42)9-4-20-14-22(31)5-8-24(20)41-17-34-37-38-41/h2-9,14,17-18,21,25H,10-13,15-16H2,1H3,(H2,33,43)(H,35,36)/b9-4+/t21-,25-/m0/s1. The van der Waals surface area contributed by atoms with Crippen LogP contribution in [0.2, 0.25) is 10.2 Å². The van der Waals surface area contributed by atoms with E-state index in [2.05, 4.69) is 25.5 Å². The zero-order valence-electron chi connectivity index (χ0n) is 25.2. The Morgan fingerprint density at radius 3 is 2.49 bits per heavy atom. The first kappa shape index (κ1) is 32.6. The number of carbonyl (C=O) groups is 2. The van der Waals surface area contributed by atoms with Crippen molar-refractivity contribution in [2.45, 2.75) is 25.3 Å². The SMILES string of the molecule is CS(=O)(=O)N1CCC([C@H]2C[C@@H](c3nc(Cl)c(-c4ccc(OC(N)=O)cc4)[nH]3)N(C(=O)/C=C/c3cc(Cl)ccc3-n3cnnn3)C2)CC1. The van der Waals surface area contributed by atoms with Gasteiger partial charge in [-0.05, 0) is 90.1 Å². The van der Waals surface area contributed by atoms with Gasteiger partial charge >= 0.3 is 6.09 Å². The summed E-state index contributed by atoms with van der Waals surface area (Å²) in [6.07, 6.45) is 6.94. The van der Waals surface area contributed by atoms with Gasteiger partial charge in [0.25, 0.3) is 0 Å². The largest absolute Gasteiger partial charge is 0.411 e. The van der Waals surface area contributed by atoms with Gasteiger partial charge < -0.3 is 20.4 Å². The molecular formula is C30H31Cl2N9O5S. The van der Waals surface area contributed by atoms with Crippen LogP contribution in [0.15, 0.2) is 54.9 Å². The summed E-state index contributed by atoms with van der Waals surface area (Å²) in [4.78, 5) is 34.8. The molecule has 0 unspecified atom stereocenters. The Hall–Kier alpha value is -4.31. The molecule has 0 bridgehead atoms. The highest BCUT2D eigenvalue weighted by atomic mass is 35.5. The van der Waals surface area contributed by atoms with Crippen LogP contribution in [0.4, 0.5) is 4.79 Å². The Kier molecular flexibility index (Phi) is 9.32. The number of hydrogen-bond acceptors (Lipinski definition) is 9. The van der Waals surface area contributed by atoms with Crippen molar-refractivity contribution >= 4 is 51.3 Å². The molecule has 3 N–H and O–H groups in total. The predicted octanol–water partition coefficient (Wildman–Crippen LogP) is 4.09. The summed E-state index contributed by atoms with van der Waals surface area (Å²) in [6.45, 7) is 1.35. The van der Waals surface area contributed by atoms with E-state index in [0.29, 0.717) is 72.3 Å². The van der Waals surface area contributed by atoms with Crippen molar-refractivity contribution < 1.29 is 22.7 Å². The van der Waals surface area contributed by atoms with Crippen LogP contribution in [0.3, 0.4) is 0 Å². The number of piperidine rings is 1. The Bertz CT molecular complexity index is 1910. The van der Waals surface area contributed by atoms with Gasteiger partial charge in [0.2, 0.25) is 15.9 Å². The molecule has 2 aliphatic rings. The Labute approximate surface area is 280 Å². The zero-order valence-corrected chi connectivity index (χ0v) is 27.5. The molecule has 0 saturated carbocycles. The quantitative estimate of drug-likeness (QED) is 0.256. The van der Waals surface area contributed by atoms with Crippen molar-refractivity contribution in [2.75, 3.05) is 25.9 Å². The predicted molar refractivity (Wildman–Crippen MR) is 174 cm³/mol. The lowest BCUT2D eigenvalue weighted by atomic mass is 9.83. The summed E-state index contributed by atoms with van der Waals surface area (Å²) in [5, 5.41) is 12.1. The third-order valence-electron chi connectivity index (χ3n) is 8.60. The molecule has 0 aliphatic carbocycles. The van der Waals surface area contributed by atoms with E-state index in [1.807, 2.05) is 0 Å². The Morgan fingerprint density at radius 1 is 1.09 bits per heavy atom. The minimum Gasteiger partial charge on any atom is -0.411 e. The maximum Gasteiger partial charge on any atom is 0.409 e. The fourth-order valence-corrected chi connectivity index (χ4v) is 7.61. The van der Waals surface area contributed by atoms with Crippen molar-refractivity contribution in [2.24, 2.45) is 17.6 Å². The lowest BCUT2D eigenvalue weighted by Crippen LogP contribution is -2.40. The number of sulfonamides is 1. The number of primary amides is 1. The molecule has 0 radical (unpaired) electrons. The first-order valence-corrected chi connectivity index (χ1v) is 17.4. The van der Waals surface area contributed by atoms with Gasteiger partial charge in [-0.2, -0.15) is 4.68 Å². The van der Waals surface area contributed by atoms with E-state index in [4.69, 9.17) is 33.7 Å². The van der Waals surface area contributed by atoms with E-state index in [1.54, 1.807) is 53.4 Å². The van der Waals surface area contributed by atoms with Crippen molar-refractivity contribution in [1.82, 2.24) is 39.4 Å². The van der Waals surface area contributed by atoms with Gasteiger partial charge in [-0.15, -0.1) is 5.10 Å². The Morgan fingerprint density at radius 2 is 1.83 bits per heavy atom. The number of hydrogen-bond donors (Lipinski definition) is 2. The molecular weight excluding hydrogens is 669 g/mol. The lowest BCUT2D eigenvalue weighted by Gasteiger charge is -2.33. The maximum atomic E-state index is 13.9. The van der Waals surface area contributed by atoms with Gasteiger partial charge in [0, 0.05) is 41.9 Å². The van der Waals surface area contributed by atoms with Crippen LogP contribution in [-0.2, 0) is 14.8 Å². The van der Waals surface area contributed by atoms with Gasteiger partial charge in [-0.25, -0.2) is 22.5 Å². The molecule has 2 aromatic carbocycles. The number of aromatic nitrogens is 6. The maximum absolute atomic E-state index is 13.9. The molecule has 2 amide bonds. The number of benzene rings is 2. The summed E-state index contributed by atoms with van der Waals surface area (Å²) in [5.41, 5.74) is 7.64. The summed E-state index contributed by atoms with van der Waals surface area (Å²) in [5.74, 6) is 0.899. The van der Waals surface area contributed by atoms with Gasteiger partial charge in [0.15, 0.2) is 5.15 Å². The third kappa shape index (κ3) is 7.32. The minimum atomic E-state index is -3.27. The summed E-state index contributed by atoms with van der Waals surface area (Å²) >= 11 is 12.9. The Balaban J connectivity index is 1.28. The van der Waals surface area contributed by atoms with Crippen LogP contribution in [0, 0.1) is 11.8 Å². The fraction of sp³-hybridized carbons (Fsp3) is 0.333. The first-order valence-electron chi connectivity index (χ1n) is 14.8. The molecule has 2 fully saturated rings. The number of amides is 2. The summed E-state index contributed by atoms with van der Waals surface area (Å²) < 4.78 is 32.1. The monoisotopic (exact) mass is 699 g/mol. The molecule has 47 heavy (non-hydrogen) atoms. The number of rotatable bonds is 8. The number of carbonyl (C=O) groups excluding carboxylic acids is 2. The second-order valence-corrected chi connectivity index (χ2v) is 14.3. The van der Waals surface area contributed by atoms with Crippen molar-refractivity contribution in [3.05, 3.63) is 76.4 Å². The average Bonchev–Trinajstić information content (AvgIpc) is 3.80. The van der Waals surface area contributed by atoms with Crippen LogP contribution in [0.25, 0.3) is 23.0 Å². The number of ether oxygens (including phenoxy) is 1. The number of tetrazole rings is 1. The van der Waals surface area contributed by atoms with Crippen LogP contribution in [0.5, 0.6) is 5.75 Å². The highest BCUT2D eigenvalue weighted by molar-refractivity contribution is 7.88. The molecule has 2 aliphatic heterocycles. The van der Waals surface area contributed by atoms with E-state index < -0.39 is 22.2 Å². The van der Waals surface area contributed by atoms with E-state index in [1.165, 1.54) is 27.6 Å². The zero-order chi connectivity index (χ0) is 33.3. The molecule has 2 aromatic heterocycles. The number of nitrogens with one attached hydrogen (secondary N) is 1. The molecule has 6 rings (SSSR count). The normalized spacial score (nSPS) is 19.4. The van der Waals surface area contributed by atoms with Crippen LogP contribution in [0.1, 0.15) is 36.7 Å². The molecule has 4 aromatic rings. The van der Waals surface area contributed by atoms with Crippen molar-refractivity contribution in [3.63, 3.8) is 0 Å². The molecule has 14 nitrogen and oxygen atoms in total. The number of nitrogens with two attached hydrogens (primary N) is 1. The summed E-state index contributed by atoms with van der Waals surface area (Å²) in [7, 11) is -3.27. The van der Waals surface area contributed by atoms with E-state index in [0.717, 1.165) is 0 Å². The van der Waals surface area contributed by atoms with E-state index in [9.17, 15) is 18.0 Å². The molecule has 4 heterocycles. The molecule has 2 atom stereocenters. The third-order valence-corrected chi connectivity index (χ3v) is 10.4. The van der Waals surface area contributed by atoms with Gasteiger partial charge in [-0.3, -0.25) is 4.79 Å². The van der Waals surface area contributed by atoms with E-state index >= 15 is 0 Å². The number of nitrogens with zero attached hydrogens (tertiary/aromatic N) is 7. The number of imidazole rings is 1. The fourth-order valence-electron chi connectivity index (χ4n) is 6.31. The first-order chi connectivity index (χ1) is 22.5. The topological polar surface area (TPSA) is 182 Å². The molecule has 246 valence electrons.